The zero-order valence-corrected chi connectivity index (χ0v) is 13.5. The number of halogens is 1. The van der Waals surface area contributed by atoms with Gasteiger partial charge in [0.1, 0.15) is 12.4 Å². The van der Waals surface area contributed by atoms with Crippen molar-refractivity contribution in [3.05, 3.63) is 70.3 Å². The predicted octanol–water partition coefficient (Wildman–Crippen LogP) is 3.83. The van der Waals surface area contributed by atoms with Crippen molar-refractivity contribution < 1.29 is 9.26 Å². The number of nitrogens with two attached hydrogens (primary N) is 1. The Balaban J connectivity index is 1.57. The summed E-state index contributed by atoms with van der Waals surface area (Å²) in [4.78, 5) is 4.46. The van der Waals surface area contributed by atoms with Gasteiger partial charge in [-0.1, -0.05) is 28.9 Å². The fraction of sp³-hybridized carbons (Fsp3) is 0.111. The van der Waals surface area contributed by atoms with Crippen molar-refractivity contribution >= 4 is 28.9 Å². The third-order valence-electron chi connectivity index (χ3n) is 3.78. The maximum Gasteiger partial charge on any atom is 0.231 e. The molecule has 0 saturated carbocycles. The molecule has 3 aromatic rings. The third kappa shape index (κ3) is 2.98. The molecule has 0 amide bonds. The second-order valence-corrected chi connectivity index (χ2v) is 6.01. The topological polar surface area (TPSA) is 74.2 Å². The van der Waals surface area contributed by atoms with E-state index in [0.717, 1.165) is 28.1 Å². The number of aromatic nitrogens is 2. The first kappa shape index (κ1) is 14.8. The lowest BCUT2D eigenvalue weighted by atomic mass is 10.1. The molecular weight excluding hydrogens is 326 g/mol. The number of hydrogen-bond donors (Lipinski definition) is 1. The summed E-state index contributed by atoms with van der Waals surface area (Å²) in [6.07, 6.45) is 2.53. The number of anilines is 1. The maximum atomic E-state index is 6.03. The Morgan fingerprint density at radius 2 is 1.96 bits per heavy atom. The first-order valence-electron chi connectivity index (χ1n) is 7.48. The van der Waals surface area contributed by atoms with Gasteiger partial charge in [0.25, 0.3) is 0 Å². The van der Waals surface area contributed by atoms with Gasteiger partial charge in [0.05, 0.1) is 6.42 Å². The van der Waals surface area contributed by atoms with Crippen LogP contribution in [-0.4, -0.2) is 16.7 Å². The fourth-order valence-corrected chi connectivity index (χ4v) is 2.73. The van der Waals surface area contributed by atoms with E-state index >= 15 is 0 Å². The summed E-state index contributed by atoms with van der Waals surface area (Å²) in [6, 6.07) is 13.1. The smallest absolute Gasteiger partial charge is 0.231 e. The van der Waals surface area contributed by atoms with Gasteiger partial charge in [0.15, 0.2) is 0 Å². The number of hydrogen-bond acceptors (Lipinski definition) is 5. The Bertz CT molecular complexity index is 916. The van der Waals surface area contributed by atoms with Crippen LogP contribution in [0.3, 0.4) is 0 Å². The zero-order valence-electron chi connectivity index (χ0n) is 12.7. The van der Waals surface area contributed by atoms with Crippen molar-refractivity contribution in [2.45, 2.75) is 6.42 Å². The van der Waals surface area contributed by atoms with E-state index in [1.54, 1.807) is 6.07 Å². The summed E-state index contributed by atoms with van der Waals surface area (Å²) in [5.41, 5.74) is 9.25. The van der Waals surface area contributed by atoms with Gasteiger partial charge in [-0.2, -0.15) is 4.98 Å². The standard InChI is InChI=1S/C18H14ClN3O2/c19-14-3-6-16-12(9-14)8-13(10-23-16)18-21-17(24-22-18)7-11-1-4-15(20)5-2-11/h1-6,8-9H,7,10,20H2. The van der Waals surface area contributed by atoms with E-state index in [2.05, 4.69) is 10.1 Å². The van der Waals surface area contributed by atoms with Crippen LogP contribution in [0, 0.1) is 0 Å². The molecule has 5 nitrogen and oxygen atoms in total. The molecule has 1 aliphatic heterocycles. The van der Waals surface area contributed by atoms with Gasteiger partial charge in [-0.25, -0.2) is 0 Å². The Hall–Kier alpha value is -2.79. The molecule has 2 aromatic carbocycles. The largest absolute Gasteiger partial charge is 0.488 e. The van der Waals surface area contributed by atoms with Crippen LogP contribution in [0.5, 0.6) is 5.75 Å². The van der Waals surface area contributed by atoms with Gasteiger partial charge in [0, 0.05) is 21.8 Å². The third-order valence-corrected chi connectivity index (χ3v) is 4.01. The van der Waals surface area contributed by atoms with Crippen LogP contribution in [0.25, 0.3) is 11.6 Å². The first-order chi connectivity index (χ1) is 11.7. The highest BCUT2D eigenvalue weighted by atomic mass is 35.5. The van der Waals surface area contributed by atoms with E-state index in [-0.39, 0.29) is 0 Å². The molecular formula is C18H14ClN3O2. The van der Waals surface area contributed by atoms with Crippen molar-refractivity contribution in [2.75, 3.05) is 12.3 Å². The van der Waals surface area contributed by atoms with Crippen LogP contribution in [0.2, 0.25) is 5.02 Å². The highest BCUT2D eigenvalue weighted by Gasteiger charge is 2.18. The van der Waals surface area contributed by atoms with Crippen molar-refractivity contribution in [3.63, 3.8) is 0 Å². The van der Waals surface area contributed by atoms with Crippen LogP contribution in [0.1, 0.15) is 22.8 Å². The van der Waals surface area contributed by atoms with Crippen molar-refractivity contribution in [1.29, 1.82) is 0 Å². The highest BCUT2D eigenvalue weighted by Crippen LogP contribution is 2.31. The number of benzene rings is 2. The summed E-state index contributed by atoms with van der Waals surface area (Å²) in [5.74, 6) is 1.88. The molecule has 2 heterocycles. The number of rotatable bonds is 3. The summed E-state index contributed by atoms with van der Waals surface area (Å²) >= 11 is 6.03. The van der Waals surface area contributed by atoms with E-state index in [1.807, 2.05) is 42.5 Å². The lowest BCUT2D eigenvalue weighted by Crippen LogP contribution is -2.07. The second-order valence-electron chi connectivity index (χ2n) is 5.57. The van der Waals surface area contributed by atoms with Gasteiger partial charge >= 0.3 is 0 Å². The van der Waals surface area contributed by atoms with Crippen LogP contribution < -0.4 is 10.5 Å². The van der Waals surface area contributed by atoms with Gasteiger partial charge in [-0.05, 0) is 42.0 Å². The zero-order chi connectivity index (χ0) is 16.5. The molecule has 0 bridgehead atoms. The molecule has 2 N–H and O–H groups in total. The molecule has 0 saturated heterocycles. The van der Waals surface area contributed by atoms with Crippen LogP contribution in [-0.2, 0) is 6.42 Å². The Morgan fingerprint density at radius 3 is 2.79 bits per heavy atom. The molecule has 120 valence electrons. The molecule has 0 atom stereocenters. The van der Waals surface area contributed by atoms with E-state index in [1.165, 1.54) is 0 Å². The Morgan fingerprint density at radius 1 is 1.12 bits per heavy atom. The van der Waals surface area contributed by atoms with Crippen molar-refractivity contribution in [2.24, 2.45) is 0 Å². The summed E-state index contributed by atoms with van der Waals surface area (Å²) < 4.78 is 11.1. The lowest BCUT2D eigenvalue weighted by Gasteiger charge is -2.16. The van der Waals surface area contributed by atoms with Crippen LogP contribution in [0.4, 0.5) is 5.69 Å². The monoisotopic (exact) mass is 339 g/mol. The maximum absolute atomic E-state index is 6.03. The Labute approximate surface area is 143 Å². The minimum absolute atomic E-state index is 0.398. The molecule has 6 heteroatoms. The van der Waals surface area contributed by atoms with E-state index < -0.39 is 0 Å². The minimum atomic E-state index is 0.398. The second kappa shape index (κ2) is 6.02. The first-order valence-corrected chi connectivity index (χ1v) is 7.85. The number of ether oxygens (including phenoxy) is 1. The molecule has 0 aliphatic carbocycles. The molecule has 24 heavy (non-hydrogen) atoms. The molecule has 1 aromatic heterocycles. The molecule has 1 aliphatic rings. The van der Waals surface area contributed by atoms with Gasteiger partial charge in [-0.15, -0.1) is 0 Å². The quantitative estimate of drug-likeness (QED) is 0.734. The summed E-state index contributed by atoms with van der Waals surface area (Å²) in [5, 5.41) is 4.72. The number of nitrogens with zero attached hydrogens (tertiary/aromatic N) is 2. The van der Waals surface area contributed by atoms with Gasteiger partial charge in [0.2, 0.25) is 11.7 Å². The molecule has 0 unspecified atom stereocenters. The average Bonchev–Trinajstić information content (AvgIpc) is 3.05. The average molecular weight is 340 g/mol. The van der Waals surface area contributed by atoms with Crippen LogP contribution in [0.15, 0.2) is 47.0 Å². The predicted molar refractivity (Wildman–Crippen MR) is 92.8 cm³/mol. The Kier molecular flexibility index (Phi) is 3.70. The van der Waals surface area contributed by atoms with E-state index in [9.17, 15) is 0 Å². The lowest BCUT2D eigenvalue weighted by molar-refractivity contribution is 0.360. The van der Waals surface area contributed by atoms with Crippen molar-refractivity contribution in [1.82, 2.24) is 10.1 Å². The van der Waals surface area contributed by atoms with E-state index in [4.69, 9.17) is 26.6 Å². The molecule has 0 fully saturated rings. The summed E-state index contributed by atoms with van der Waals surface area (Å²) in [6.45, 7) is 0.398. The number of fused-ring (bicyclic) bond motifs is 1. The van der Waals surface area contributed by atoms with Crippen LogP contribution >= 0.6 is 11.6 Å². The normalized spacial score (nSPS) is 13.1. The molecule has 0 spiro atoms. The summed E-state index contributed by atoms with van der Waals surface area (Å²) in [7, 11) is 0. The SMILES string of the molecule is Nc1ccc(Cc2nc(C3=Cc4cc(Cl)ccc4OC3)no2)cc1. The van der Waals surface area contributed by atoms with E-state index in [0.29, 0.717) is 29.8 Å². The fourth-order valence-electron chi connectivity index (χ4n) is 2.54. The molecule has 4 rings (SSSR count). The molecule has 0 radical (unpaired) electrons. The van der Waals surface area contributed by atoms with Crippen molar-refractivity contribution in [3.8, 4) is 5.75 Å². The van der Waals surface area contributed by atoms with Gasteiger partial charge < -0.3 is 15.0 Å². The number of nitrogen functional groups attached to an aromatic ring is 1. The highest BCUT2D eigenvalue weighted by molar-refractivity contribution is 6.30. The van der Waals surface area contributed by atoms with Gasteiger partial charge in [-0.3, -0.25) is 0 Å². The minimum Gasteiger partial charge on any atom is -0.488 e.